The third-order valence-corrected chi connectivity index (χ3v) is 3.10. The number of carbonyl (C=O) groups is 1. The summed E-state index contributed by atoms with van der Waals surface area (Å²) in [5.41, 5.74) is 1.27. The van der Waals surface area contributed by atoms with E-state index in [0.717, 1.165) is 6.07 Å². The minimum Gasteiger partial charge on any atom is -0.424 e. The summed E-state index contributed by atoms with van der Waals surface area (Å²) in [6, 6.07) is 2.31. The summed E-state index contributed by atoms with van der Waals surface area (Å²) in [6.07, 6.45) is -4.14. The van der Waals surface area contributed by atoms with Gasteiger partial charge in [0.1, 0.15) is 5.75 Å². The van der Waals surface area contributed by atoms with Gasteiger partial charge in [-0.25, -0.2) is 5.84 Å². The van der Waals surface area contributed by atoms with Gasteiger partial charge in [0.25, 0.3) is 0 Å². The molecular formula is C8H5BrCl2F2N2O2. The second kappa shape index (κ2) is 5.34. The average molecular weight is 350 g/mol. The van der Waals surface area contributed by atoms with Gasteiger partial charge in [0.15, 0.2) is 0 Å². The standard InChI is InChI=1S/C8H5BrCl2F2N2O2/c9-3-1-5(11)6(2-4(3)10)17-8(12,13)7(16)15-14/h1-2H,14H2,(H,15,16). The molecule has 0 aliphatic rings. The van der Waals surface area contributed by atoms with Crippen LogP contribution in [0, 0.1) is 0 Å². The number of benzene rings is 1. The van der Waals surface area contributed by atoms with Gasteiger partial charge in [-0.2, -0.15) is 8.78 Å². The van der Waals surface area contributed by atoms with Crippen LogP contribution in [0.1, 0.15) is 0 Å². The highest BCUT2D eigenvalue weighted by molar-refractivity contribution is 9.10. The van der Waals surface area contributed by atoms with Crippen molar-refractivity contribution in [1.29, 1.82) is 0 Å². The summed E-state index contributed by atoms with van der Waals surface area (Å²) in [5, 5.41) is -0.0286. The van der Waals surface area contributed by atoms with Crippen molar-refractivity contribution < 1.29 is 18.3 Å². The van der Waals surface area contributed by atoms with Crippen molar-refractivity contribution in [2.45, 2.75) is 6.11 Å². The van der Waals surface area contributed by atoms with E-state index in [9.17, 15) is 13.6 Å². The van der Waals surface area contributed by atoms with Gasteiger partial charge in [0.2, 0.25) is 0 Å². The SMILES string of the molecule is NNC(=O)C(F)(F)Oc1cc(Cl)c(Br)cc1Cl. The van der Waals surface area contributed by atoms with Gasteiger partial charge in [-0.1, -0.05) is 23.2 Å². The summed E-state index contributed by atoms with van der Waals surface area (Å²) in [4.78, 5) is 10.7. The number of alkyl halides is 2. The molecule has 0 radical (unpaired) electrons. The molecule has 1 rings (SSSR count). The zero-order valence-corrected chi connectivity index (χ0v) is 11.0. The summed E-state index contributed by atoms with van der Waals surface area (Å²) >= 11 is 14.4. The molecule has 0 fully saturated rings. The Morgan fingerprint density at radius 1 is 1.41 bits per heavy atom. The Labute approximate surface area is 113 Å². The van der Waals surface area contributed by atoms with Gasteiger partial charge >= 0.3 is 12.0 Å². The molecule has 0 heterocycles. The molecule has 0 atom stereocenters. The first-order valence-electron chi connectivity index (χ1n) is 4.00. The number of hydrogen-bond donors (Lipinski definition) is 2. The summed E-state index contributed by atoms with van der Waals surface area (Å²) < 4.78 is 30.7. The van der Waals surface area contributed by atoms with Gasteiger partial charge in [-0.3, -0.25) is 10.2 Å². The zero-order chi connectivity index (χ0) is 13.2. The van der Waals surface area contributed by atoms with Crippen LogP contribution in [0.4, 0.5) is 8.78 Å². The van der Waals surface area contributed by atoms with Crippen LogP contribution in [-0.2, 0) is 4.79 Å². The Bertz CT molecular complexity index is 459. The lowest BCUT2D eigenvalue weighted by atomic mass is 10.3. The van der Waals surface area contributed by atoms with Gasteiger partial charge in [-0.05, 0) is 22.0 Å². The highest BCUT2D eigenvalue weighted by Gasteiger charge is 2.42. The van der Waals surface area contributed by atoms with E-state index >= 15 is 0 Å². The molecular weight excluding hydrogens is 345 g/mol. The third kappa shape index (κ3) is 3.41. The van der Waals surface area contributed by atoms with Crippen molar-refractivity contribution in [2.75, 3.05) is 0 Å². The van der Waals surface area contributed by atoms with Crippen molar-refractivity contribution in [1.82, 2.24) is 5.43 Å². The number of ether oxygens (including phenoxy) is 1. The molecule has 94 valence electrons. The molecule has 4 nitrogen and oxygen atoms in total. The lowest BCUT2D eigenvalue weighted by Gasteiger charge is -2.17. The molecule has 0 spiro atoms. The zero-order valence-electron chi connectivity index (χ0n) is 7.94. The summed E-state index contributed by atoms with van der Waals surface area (Å²) in [6.45, 7) is 0. The number of nitrogens with two attached hydrogens (primary N) is 1. The fourth-order valence-corrected chi connectivity index (χ4v) is 1.68. The van der Waals surface area contributed by atoms with Gasteiger partial charge in [-0.15, -0.1) is 0 Å². The van der Waals surface area contributed by atoms with E-state index in [0.29, 0.717) is 4.47 Å². The van der Waals surface area contributed by atoms with Crippen LogP contribution in [0.3, 0.4) is 0 Å². The van der Waals surface area contributed by atoms with E-state index in [1.54, 1.807) is 0 Å². The first kappa shape index (κ1) is 14.4. The van der Waals surface area contributed by atoms with E-state index in [4.69, 9.17) is 23.2 Å². The summed E-state index contributed by atoms with van der Waals surface area (Å²) in [7, 11) is 0. The van der Waals surface area contributed by atoms with E-state index in [2.05, 4.69) is 26.5 Å². The van der Waals surface area contributed by atoms with Gasteiger partial charge < -0.3 is 4.74 Å². The quantitative estimate of drug-likeness (QED) is 0.381. The first-order chi connectivity index (χ1) is 7.77. The van der Waals surface area contributed by atoms with E-state index in [1.807, 2.05) is 0 Å². The van der Waals surface area contributed by atoms with Gasteiger partial charge in [0, 0.05) is 10.5 Å². The third-order valence-electron chi connectivity index (χ3n) is 1.61. The second-order valence-electron chi connectivity index (χ2n) is 2.79. The predicted octanol–water partition coefficient (Wildman–Crippen LogP) is 2.72. The number of amides is 1. The molecule has 1 aromatic carbocycles. The highest BCUT2D eigenvalue weighted by Crippen LogP contribution is 2.36. The lowest BCUT2D eigenvalue weighted by molar-refractivity contribution is -0.192. The molecule has 0 aliphatic heterocycles. The second-order valence-corrected chi connectivity index (χ2v) is 4.46. The lowest BCUT2D eigenvalue weighted by Crippen LogP contribution is -2.47. The topological polar surface area (TPSA) is 64.3 Å². The number of rotatable bonds is 3. The predicted molar refractivity (Wildman–Crippen MR) is 62.1 cm³/mol. The fourth-order valence-electron chi connectivity index (χ4n) is 0.851. The van der Waals surface area contributed by atoms with E-state index in [-0.39, 0.29) is 10.0 Å². The Balaban J connectivity index is 3.03. The van der Waals surface area contributed by atoms with Crippen LogP contribution in [-0.4, -0.2) is 12.0 Å². The van der Waals surface area contributed by atoms with E-state index in [1.165, 1.54) is 11.5 Å². The van der Waals surface area contributed by atoms with Crippen LogP contribution >= 0.6 is 39.1 Å². The maximum atomic E-state index is 13.1. The molecule has 0 saturated heterocycles. The first-order valence-corrected chi connectivity index (χ1v) is 5.55. The Morgan fingerprint density at radius 3 is 2.53 bits per heavy atom. The van der Waals surface area contributed by atoms with Gasteiger partial charge in [0.05, 0.1) is 10.0 Å². The highest BCUT2D eigenvalue weighted by atomic mass is 79.9. The largest absolute Gasteiger partial charge is 0.483 e. The molecule has 0 bridgehead atoms. The van der Waals surface area contributed by atoms with Crippen LogP contribution in [0.15, 0.2) is 16.6 Å². The Hall–Kier alpha value is -0.630. The molecule has 3 N–H and O–H groups in total. The fraction of sp³-hybridized carbons (Fsp3) is 0.125. The molecule has 9 heteroatoms. The van der Waals surface area contributed by atoms with Crippen molar-refractivity contribution in [3.8, 4) is 5.75 Å². The monoisotopic (exact) mass is 348 g/mol. The van der Waals surface area contributed by atoms with Crippen molar-refractivity contribution in [3.05, 3.63) is 26.7 Å². The Morgan fingerprint density at radius 2 is 2.00 bits per heavy atom. The Kier molecular flexibility index (Phi) is 4.54. The van der Waals surface area contributed by atoms with E-state index < -0.39 is 17.8 Å². The maximum Gasteiger partial charge on any atom is 0.483 e. The number of halogens is 5. The molecule has 1 aromatic rings. The normalized spacial score (nSPS) is 11.2. The minimum atomic E-state index is -4.14. The van der Waals surface area contributed by atoms with Crippen LogP contribution in [0.2, 0.25) is 10.0 Å². The maximum absolute atomic E-state index is 13.1. The van der Waals surface area contributed by atoms with Crippen molar-refractivity contribution in [2.24, 2.45) is 5.84 Å². The molecule has 0 aromatic heterocycles. The number of hydrogen-bond acceptors (Lipinski definition) is 3. The molecule has 0 saturated carbocycles. The molecule has 17 heavy (non-hydrogen) atoms. The molecule has 0 aliphatic carbocycles. The average Bonchev–Trinajstić information content (AvgIpc) is 2.24. The van der Waals surface area contributed by atoms with Crippen molar-refractivity contribution >= 4 is 45.0 Å². The van der Waals surface area contributed by atoms with Crippen LogP contribution < -0.4 is 16.0 Å². The number of carbonyl (C=O) groups excluding carboxylic acids is 1. The summed E-state index contributed by atoms with van der Waals surface area (Å²) in [5.74, 6) is 2.34. The number of nitrogens with one attached hydrogen (secondary N) is 1. The molecule has 1 amide bonds. The molecule has 0 unspecified atom stereocenters. The van der Waals surface area contributed by atoms with Crippen molar-refractivity contribution in [3.63, 3.8) is 0 Å². The smallest absolute Gasteiger partial charge is 0.424 e. The minimum absolute atomic E-state index is 0.105. The van der Waals surface area contributed by atoms with Crippen LogP contribution in [0.5, 0.6) is 5.75 Å². The van der Waals surface area contributed by atoms with Crippen LogP contribution in [0.25, 0.3) is 0 Å². The number of hydrazine groups is 1.